The number of fused-ring (bicyclic) bond motifs is 3. The summed E-state index contributed by atoms with van der Waals surface area (Å²) in [6, 6.07) is 3.52. The van der Waals surface area contributed by atoms with Crippen molar-refractivity contribution in [2.75, 3.05) is 31.6 Å². The molecule has 124 valence electrons. The fraction of sp³-hybridized carbons (Fsp3) is 0.357. The molecule has 1 fully saturated rings. The lowest BCUT2D eigenvalue weighted by Crippen LogP contribution is -2.63. The summed E-state index contributed by atoms with van der Waals surface area (Å²) in [4.78, 5) is 40.9. The second-order valence-electron chi connectivity index (χ2n) is 5.78. The van der Waals surface area contributed by atoms with E-state index >= 15 is 0 Å². The lowest BCUT2D eigenvalue weighted by atomic mass is 10.1. The van der Waals surface area contributed by atoms with Crippen LogP contribution < -0.4 is 4.90 Å². The molecule has 24 heavy (non-hydrogen) atoms. The minimum Gasteiger partial charge on any atom is -0.465 e. The van der Waals surface area contributed by atoms with Gasteiger partial charge in [0.2, 0.25) is 0 Å². The van der Waals surface area contributed by atoms with Gasteiger partial charge in [0.15, 0.2) is 17.5 Å². The number of hydrogen-bond donors (Lipinski definition) is 1. The Kier molecular flexibility index (Phi) is 3.30. The molecule has 0 radical (unpaired) electrons. The first kappa shape index (κ1) is 15.1. The number of anilines is 1. The van der Waals surface area contributed by atoms with Gasteiger partial charge in [0.05, 0.1) is 6.04 Å². The number of aromatic nitrogens is 1. The Hall–Kier alpha value is -2.49. The van der Waals surface area contributed by atoms with Crippen molar-refractivity contribution < 1.29 is 14.7 Å². The molecule has 0 aromatic carbocycles. The SMILES string of the molecule is CN(C(=O)O)C1CN(C2=Nc3ccc(Br)nc3N3CC(=O)N=C23)C1. The molecule has 0 bridgehead atoms. The van der Waals surface area contributed by atoms with Crippen molar-refractivity contribution in [3.63, 3.8) is 0 Å². The molecule has 4 heterocycles. The van der Waals surface area contributed by atoms with Crippen LogP contribution in [-0.4, -0.2) is 76.3 Å². The lowest BCUT2D eigenvalue weighted by Gasteiger charge is -2.45. The van der Waals surface area contributed by atoms with Gasteiger partial charge in [0.25, 0.3) is 5.91 Å². The lowest BCUT2D eigenvalue weighted by molar-refractivity contribution is -0.115. The third kappa shape index (κ3) is 2.25. The van der Waals surface area contributed by atoms with Gasteiger partial charge in [0, 0.05) is 20.1 Å². The normalized spacial score (nSPS) is 19.3. The predicted molar refractivity (Wildman–Crippen MR) is 90.0 cm³/mol. The topological polar surface area (TPSA) is 102 Å². The molecule has 0 saturated carbocycles. The number of amidine groups is 2. The van der Waals surface area contributed by atoms with E-state index < -0.39 is 6.09 Å². The first-order valence-electron chi connectivity index (χ1n) is 7.29. The summed E-state index contributed by atoms with van der Waals surface area (Å²) in [5.41, 5.74) is 0.664. The van der Waals surface area contributed by atoms with Crippen LogP contribution in [0.15, 0.2) is 26.7 Å². The molecule has 3 aliphatic heterocycles. The highest BCUT2D eigenvalue weighted by Gasteiger charge is 2.42. The average Bonchev–Trinajstić information content (AvgIpc) is 2.88. The van der Waals surface area contributed by atoms with Crippen molar-refractivity contribution in [2.24, 2.45) is 9.98 Å². The maximum absolute atomic E-state index is 11.8. The Morgan fingerprint density at radius 1 is 1.33 bits per heavy atom. The van der Waals surface area contributed by atoms with Crippen LogP contribution in [0.2, 0.25) is 0 Å². The van der Waals surface area contributed by atoms with Crippen LogP contribution in [-0.2, 0) is 4.79 Å². The number of amides is 2. The van der Waals surface area contributed by atoms with Crippen LogP contribution in [0.1, 0.15) is 0 Å². The molecule has 0 spiro atoms. The maximum Gasteiger partial charge on any atom is 0.407 e. The van der Waals surface area contributed by atoms with Gasteiger partial charge in [-0.05, 0) is 28.1 Å². The van der Waals surface area contributed by atoms with Gasteiger partial charge in [-0.3, -0.25) is 9.69 Å². The number of carboxylic acid groups (broad SMARTS) is 1. The van der Waals surface area contributed by atoms with Crippen LogP contribution >= 0.6 is 15.9 Å². The third-order valence-electron chi connectivity index (χ3n) is 4.29. The summed E-state index contributed by atoms with van der Waals surface area (Å²) < 4.78 is 0.658. The molecule has 9 nitrogen and oxygen atoms in total. The minimum absolute atomic E-state index is 0.0965. The van der Waals surface area contributed by atoms with Gasteiger partial charge < -0.3 is 14.9 Å². The van der Waals surface area contributed by atoms with Gasteiger partial charge in [-0.25, -0.2) is 14.8 Å². The molecule has 0 unspecified atom stereocenters. The molecule has 1 N–H and O–H groups in total. The largest absolute Gasteiger partial charge is 0.465 e. The monoisotopic (exact) mass is 392 g/mol. The first-order chi connectivity index (χ1) is 11.4. The number of likely N-dealkylation sites (N-methyl/N-ethyl adjacent to an activating group) is 1. The Bertz CT molecular complexity index is 817. The van der Waals surface area contributed by atoms with Crippen LogP contribution in [0.5, 0.6) is 0 Å². The van der Waals surface area contributed by atoms with E-state index in [1.54, 1.807) is 18.0 Å². The number of carbonyl (C=O) groups is 2. The average molecular weight is 393 g/mol. The summed E-state index contributed by atoms with van der Waals surface area (Å²) in [6.45, 7) is 1.17. The summed E-state index contributed by atoms with van der Waals surface area (Å²) in [5.74, 6) is 1.42. The molecule has 0 atom stereocenters. The van der Waals surface area contributed by atoms with E-state index in [0.29, 0.717) is 40.9 Å². The fourth-order valence-electron chi connectivity index (χ4n) is 2.88. The molecule has 1 aromatic rings. The van der Waals surface area contributed by atoms with Crippen LogP contribution in [0.4, 0.5) is 16.3 Å². The van der Waals surface area contributed by atoms with Gasteiger partial charge in [0.1, 0.15) is 16.8 Å². The molecule has 1 aromatic heterocycles. The van der Waals surface area contributed by atoms with Crippen LogP contribution in [0, 0.1) is 0 Å². The maximum atomic E-state index is 11.8. The number of aliphatic imine (C=N–C) groups is 2. The summed E-state index contributed by atoms with van der Waals surface area (Å²) in [7, 11) is 1.55. The van der Waals surface area contributed by atoms with E-state index in [2.05, 4.69) is 30.9 Å². The number of likely N-dealkylation sites (tertiary alicyclic amines) is 1. The standard InChI is InChI=1S/C14H13BrN6O3/c1-19(14(23)24)7-4-20(5-7)12-13-18-10(22)6-21(13)11-8(16-12)2-3-9(15)17-11/h2-3,7H,4-6H2,1H3,(H,23,24). The van der Waals surface area contributed by atoms with Crippen molar-refractivity contribution >= 4 is 51.1 Å². The van der Waals surface area contributed by atoms with Crippen LogP contribution in [0.25, 0.3) is 0 Å². The minimum atomic E-state index is -0.959. The number of hydrogen-bond acceptors (Lipinski definition) is 6. The van der Waals surface area contributed by atoms with Crippen molar-refractivity contribution in [1.82, 2.24) is 14.8 Å². The number of rotatable bonds is 1. The Morgan fingerprint density at radius 3 is 2.79 bits per heavy atom. The number of nitrogens with zero attached hydrogens (tertiary/aromatic N) is 6. The third-order valence-corrected chi connectivity index (χ3v) is 4.74. The molecule has 1 saturated heterocycles. The van der Waals surface area contributed by atoms with Gasteiger partial charge >= 0.3 is 6.09 Å². The van der Waals surface area contributed by atoms with Crippen molar-refractivity contribution in [3.8, 4) is 0 Å². The second kappa shape index (κ2) is 5.26. The smallest absolute Gasteiger partial charge is 0.407 e. The van der Waals surface area contributed by atoms with Crippen molar-refractivity contribution in [3.05, 3.63) is 16.7 Å². The number of pyridine rings is 1. The van der Waals surface area contributed by atoms with E-state index in [-0.39, 0.29) is 18.5 Å². The molecule has 2 amide bonds. The summed E-state index contributed by atoms with van der Waals surface area (Å²) in [6.07, 6.45) is -0.959. The zero-order valence-electron chi connectivity index (χ0n) is 12.7. The Balaban J connectivity index is 1.66. The molecule has 0 aliphatic carbocycles. The van der Waals surface area contributed by atoms with Crippen molar-refractivity contribution in [2.45, 2.75) is 6.04 Å². The highest BCUT2D eigenvalue weighted by molar-refractivity contribution is 9.10. The van der Waals surface area contributed by atoms with Gasteiger partial charge in [-0.15, -0.1) is 0 Å². The van der Waals surface area contributed by atoms with E-state index in [9.17, 15) is 9.59 Å². The second-order valence-corrected chi connectivity index (χ2v) is 6.59. The number of carbonyl (C=O) groups excluding carboxylic acids is 1. The molecular weight excluding hydrogens is 380 g/mol. The van der Waals surface area contributed by atoms with Crippen LogP contribution in [0.3, 0.4) is 0 Å². The predicted octanol–water partition coefficient (Wildman–Crippen LogP) is 0.927. The fourth-order valence-corrected chi connectivity index (χ4v) is 3.18. The highest BCUT2D eigenvalue weighted by atomic mass is 79.9. The zero-order chi connectivity index (χ0) is 17.0. The van der Waals surface area contributed by atoms with E-state index in [4.69, 9.17) is 5.11 Å². The van der Waals surface area contributed by atoms with E-state index in [0.717, 1.165) is 0 Å². The Morgan fingerprint density at radius 2 is 2.08 bits per heavy atom. The molecular formula is C14H13BrN6O3. The summed E-state index contributed by atoms with van der Waals surface area (Å²) >= 11 is 3.33. The molecule has 4 rings (SSSR count). The highest BCUT2D eigenvalue weighted by Crippen LogP contribution is 2.35. The summed E-state index contributed by atoms with van der Waals surface area (Å²) in [5, 5.41) is 9.04. The van der Waals surface area contributed by atoms with Crippen molar-refractivity contribution in [1.29, 1.82) is 0 Å². The zero-order valence-corrected chi connectivity index (χ0v) is 14.3. The van der Waals surface area contributed by atoms with E-state index in [1.807, 2.05) is 11.0 Å². The molecule has 10 heteroatoms. The molecule has 3 aliphatic rings. The first-order valence-corrected chi connectivity index (χ1v) is 8.08. The van der Waals surface area contributed by atoms with Gasteiger partial charge in [-0.1, -0.05) is 0 Å². The van der Waals surface area contributed by atoms with E-state index in [1.165, 1.54) is 4.90 Å². The number of halogens is 1. The quantitative estimate of drug-likeness (QED) is 0.713. The van der Waals surface area contributed by atoms with Gasteiger partial charge in [-0.2, -0.15) is 4.99 Å². The Labute approximate surface area is 145 Å².